The summed E-state index contributed by atoms with van der Waals surface area (Å²) in [4.78, 5) is 12.8. The molecule has 0 spiro atoms. The average molecular weight is 223 g/mol. The van der Waals surface area contributed by atoms with Crippen LogP contribution in [0.1, 0.15) is 6.42 Å². The molecule has 0 fully saturated rings. The number of aromatic nitrogens is 2. The van der Waals surface area contributed by atoms with Gasteiger partial charge in [0.1, 0.15) is 5.82 Å². The minimum absolute atomic E-state index is 0.664. The quantitative estimate of drug-likeness (QED) is 0.776. The molecule has 90 valence electrons. The zero-order valence-corrected chi connectivity index (χ0v) is 10.6. The first-order valence-corrected chi connectivity index (χ1v) is 5.50. The summed E-state index contributed by atoms with van der Waals surface area (Å²) in [5.74, 6) is 1.62. The molecule has 0 atom stereocenters. The van der Waals surface area contributed by atoms with Crippen molar-refractivity contribution < 1.29 is 0 Å². The number of hydrogen-bond acceptors (Lipinski definition) is 5. The first kappa shape index (κ1) is 12.7. The lowest BCUT2D eigenvalue weighted by atomic mass is 10.3. The topological polar surface area (TPSA) is 44.3 Å². The molecule has 1 aromatic rings. The van der Waals surface area contributed by atoms with E-state index in [1.54, 1.807) is 6.20 Å². The summed E-state index contributed by atoms with van der Waals surface area (Å²) in [5, 5.41) is 2.94. The highest BCUT2D eigenvalue weighted by Crippen LogP contribution is 2.10. The van der Waals surface area contributed by atoms with Gasteiger partial charge in [0, 0.05) is 26.8 Å². The van der Waals surface area contributed by atoms with Crippen molar-refractivity contribution in [2.24, 2.45) is 0 Å². The molecule has 0 aliphatic carbocycles. The maximum atomic E-state index is 4.38. The van der Waals surface area contributed by atoms with Gasteiger partial charge in [0.15, 0.2) is 0 Å². The van der Waals surface area contributed by atoms with Crippen LogP contribution in [0, 0.1) is 0 Å². The van der Waals surface area contributed by atoms with Crippen LogP contribution in [0.5, 0.6) is 0 Å². The maximum Gasteiger partial charge on any atom is 0.224 e. The summed E-state index contributed by atoms with van der Waals surface area (Å²) in [6.07, 6.45) is 2.90. The fourth-order valence-corrected chi connectivity index (χ4v) is 1.42. The molecule has 0 aromatic carbocycles. The van der Waals surface area contributed by atoms with Crippen LogP contribution in [0.2, 0.25) is 0 Å². The van der Waals surface area contributed by atoms with Crippen LogP contribution in [-0.2, 0) is 0 Å². The first-order valence-electron chi connectivity index (χ1n) is 5.50. The molecular formula is C11H21N5. The highest BCUT2D eigenvalue weighted by Gasteiger charge is 2.03. The number of anilines is 2. The highest BCUT2D eigenvalue weighted by molar-refractivity contribution is 5.41. The van der Waals surface area contributed by atoms with Crippen LogP contribution >= 0.6 is 0 Å². The van der Waals surface area contributed by atoms with Gasteiger partial charge >= 0.3 is 0 Å². The summed E-state index contributed by atoms with van der Waals surface area (Å²) < 4.78 is 0. The van der Waals surface area contributed by atoms with Crippen LogP contribution < -0.4 is 10.2 Å². The predicted molar refractivity (Wildman–Crippen MR) is 68.0 cm³/mol. The molecule has 0 saturated carbocycles. The van der Waals surface area contributed by atoms with E-state index < -0.39 is 0 Å². The second-order valence-corrected chi connectivity index (χ2v) is 4.07. The summed E-state index contributed by atoms with van der Waals surface area (Å²) in [7, 11) is 8.05. The van der Waals surface area contributed by atoms with Crippen molar-refractivity contribution in [2.75, 3.05) is 51.5 Å². The Kier molecular flexibility index (Phi) is 4.98. The monoisotopic (exact) mass is 223 g/mol. The second-order valence-electron chi connectivity index (χ2n) is 4.07. The molecule has 1 heterocycles. The molecule has 1 aromatic heterocycles. The van der Waals surface area contributed by atoms with Crippen molar-refractivity contribution >= 4 is 11.8 Å². The minimum atomic E-state index is 0.664. The van der Waals surface area contributed by atoms with Gasteiger partial charge in [0.25, 0.3) is 0 Å². The van der Waals surface area contributed by atoms with E-state index >= 15 is 0 Å². The second kappa shape index (κ2) is 6.27. The number of hydrogen-bond donors (Lipinski definition) is 1. The molecule has 0 unspecified atom stereocenters. The number of nitrogens with zero attached hydrogens (tertiary/aromatic N) is 4. The van der Waals surface area contributed by atoms with Gasteiger partial charge in [-0.3, -0.25) is 0 Å². The van der Waals surface area contributed by atoms with E-state index in [-0.39, 0.29) is 0 Å². The van der Waals surface area contributed by atoms with Crippen molar-refractivity contribution in [2.45, 2.75) is 6.42 Å². The van der Waals surface area contributed by atoms with Crippen LogP contribution in [0.3, 0.4) is 0 Å². The molecule has 0 aliphatic heterocycles. The fourth-order valence-electron chi connectivity index (χ4n) is 1.42. The molecule has 5 heteroatoms. The Balaban J connectivity index is 2.48. The molecule has 0 amide bonds. The average Bonchev–Trinajstić information content (AvgIpc) is 2.28. The van der Waals surface area contributed by atoms with Crippen molar-refractivity contribution in [3.63, 3.8) is 0 Å². The SMILES string of the molecule is CNc1nccc(N(C)CCCN(C)C)n1. The van der Waals surface area contributed by atoms with E-state index in [1.165, 1.54) is 0 Å². The van der Waals surface area contributed by atoms with Gasteiger partial charge in [-0.25, -0.2) is 4.98 Å². The van der Waals surface area contributed by atoms with Crippen molar-refractivity contribution in [1.82, 2.24) is 14.9 Å². The Bertz CT molecular complexity index is 313. The van der Waals surface area contributed by atoms with Crippen LogP contribution in [-0.4, -0.2) is 56.1 Å². The third kappa shape index (κ3) is 4.02. The Morgan fingerprint density at radius 1 is 1.25 bits per heavy atom. The fraction of sp³-hybridized carbons (Fsp3) is 0.636. The summed E-state index contributed by atoms with van der Waals surface area (Å²) in [6.45, 7) is 2.09. The van der Waals surface area contributed by atoms with E-state index in [9.17, 15) is 0 Å². The van der Waals surface area contributed by atoms with E-state index in [0.717, 1.165) is 25.3 Å². The zero-order chi connectivity index (χ0) is 12.0. The van der Waals surface area contributed by atoms with Gasteiger partial charge in [-0.2, -0.15) is 4.98 Å². The highest BCUT2D eigenvalue weighted by atomic mass is 15.2. The first-order chi connectivity index (χ1) is 7.63. The molecule has 16 heavy (non-hydrogen) atoms. The van der Waals surface area contributed by atoms with Crippen molar-refractivity contribution in [3.8, 4) is 0 Å². The largest absolute Gasteiger partial charge is 0.359 e. The summed E-state index contributed by atoms with van der Waals surface area (Å²) >= 11 is 0. The molecule has 0 bridgehead atoms. The molecule has 1 N–H and O–H groups in total. The molecule has 1 rings (SSSR count). The minimum Gasteiger partial charge on any atom is -0.359 e. The van der Waals surface area contributed by atoms with Crippen LogP contribution in [0.4, 0.5) is 11.8 Å². The molecule has 0 aliphatic rings. The lowest BCUT2D eigenvalue weighted by Crippen LogP contribution is -2.24. The van der Waals surface area contributed by atoms with Crippen molar-refractivity contribution in [1.29, 1.82) is 0 Å². The predicted octanol–water partition coefficient (Wildman–Crippen LogP) is 0.906. The summed E-state index contributed by atoms with van der Waals surface area (Å²) in [5.41, 5.74) is 0. The number of rotatable bonds is 6. The van der Waals surface area contributed by atoms with Gasteiger partial charge in [0.05, 0.1) is 0 Å². The van der Waals surface area contributed by atoms with E-state index in [4.69, 9.17) is 0 Å². The van der Waals surface area contributed by atoms with E-state index in [0.29, 0.717) is 5.95 Å². The molecule has 5 nitrogen and oxygen atoms in total. The molecule has 0 saturated heterocycles. The third-order valence-corrected chi connectivity index (χ3v) is 2.35. The van der Waals surface area contributed by atoms with Gasteiger partial charge in [-0.1, -0.05) is 0 Å². The normalized spacial score (nSPS) is 10.6. The molecule has 0 radical (unpaired) electrons. The number of nitrogens with one attached hydrogen (secondary N) is 1. The maximum absolute atomic E-state index is 4.38. The van der Waals surface area contributed by atoms with Crippen LogP contribution in [0.15, 0.2) is 12.3 Å². The zero-order valence-electron chi connectivity index (χ0n) is 10.6. The Labute approximate surface area is 97.5 Å². The van der Waals surface area contributed by atoms with Gasteiger partial charge in [-0.15, -0.1) is 0 Å². The molecular weight excluding hydrogens is 202 g/mol. The standard InChI is InChI=1S/C11H21N5/c1-12-11-13-7-6-10(14-11)16(4)9-5-8-15(2)3/h6-7H,5,8-9H2,1-4H3,(H,12,13,14). The summed E-state index contributed by atoms with van der Waals surface area (Å²) in [6, 6.07) is 1.93. The van der Waals surface area contributed by atoms with E-state index in [1.807, 2.05) is 13.1 Å². The van der Waals surface area contributed by atoms with Gasteiger partial charge in [-0.05, 0) is 33.1 Å². The Morgan fingerprint density at radius 3 is 2.62 bits per heavy atom. The van der Waals surface area contributed by atoms with Gasteiger partial charge in [0.2, 0.25) is 5.95 Å². The van der Waals surface area contributed by atoms with E-state index in [2.05, 4.69) is 46.2 Å². The van der Waals surface area contributed by atoms with Crippen molar-refractivity contribution in [3.05, 3.63) is 12.3 Å². The Morgan fingerprint density at radius 2 is 2.00 bits per heavy atom. The lowest BCUT2D eigenvalue weighted by molar-refractivity contribution is 0.401. The Hall–Kier alpha value is -1.36. The lowest BCUT2D eigenvalue weighted by Gasteiger charge is -2.19. The smallest absolute Gasteiger partial charge is 0.224 e. The third-order valence-electron chi connectivity index (χ3n) is 2.35. The van der Waals surface area contributed by atoms with Crippen LogP contribution in [0.25, 0.3) is 0 Å². The van der Waals surface area contributed by atoms with Gasteiger partial charge < -0.3 is 15.1 Å².